The molecule has 20 heavy (non-hydrogen) atoms. The third-order valence-electron chi connectivity index (χ3n) is 4.40. The minimum Gasteiger partial charge on any atom is -0.330 e. The third kappa shape index (κ3) is 3.24. The lowest BCUT2D eigenvalue weighted by Gasteiger charge is -2.37. The first-order chi connectivity index (χ1) is 9.41. The smallest absolute Gasteiger partial charge is 0.252 e. The van der Waals surface area contributed by atoms with Gasteiger partial charge in [0, 0.05) is 18.0 Å². The van der Waals surface area contributed by atoms with Crippen LogP contribution in [0.25, 0.3) is 0 Å². The summed E-state index contributed by atoms with van der Waals surface area (Å²) in [6, 6.07) is 3.60. The molecule has 0 unspecified atom stereocenters. The van der Waals surface area contributed by atoms with Crippen LogP contribution in [0.4, 0.5) is 0 Å². The first kappa shape index (κ1) is 15.9. The van der Waals surface area contributed by atoms with Crippen molar-refractivity contribution in [2.45, 2.75) is 43.7 Å². The molecule has 1 aromatic heterocycles. The van der Waals surface area contributed by atoms with Crippen molar-refractivity contribution in [1.82, 2.24) is 4.31 Å². The fourth-order valence-electron chi connectivity index (χ4n) is 2.52. The third-order valence-corrected chi connectivity index (χ3v) is 7.92. The van der Waals surface area contributed by atoms with Crippen molar-refractivity contribution in [2.75, 3.05) is 19.6 Å². The van der Waals surface area contributed by atoms with Crippen molar-refractivity contribution in [2.24, 2.45) is 11.1 Å². The highest BCUT2D eigenvalue weighted by Crippen LogP contribution is 2.36. The fraction of sp³-hybridized carbons (Fsp3) is 0.714. The second-order valence-electron chi connectivity index (χ2n) is 5.83. The Balaban J connectivity index is 2.11. The highest BCUT2D eigenvalue weighted by molar-refractivity contribution is 7.91. The van der Waals surface area contributed by atoms with Gasteiger partial charge < -0.3 is 5.73 Å². The van der Waals surface area contributed by atoms with Crippen LogP contribution in [-0.4, -0.2) is 32.4 Å². The summed E-state index contributed by atoms with van der Waals surface area (Å²) in [4.78, 5) is 1.04. The maximum atomic E-state index is 12.6. The van der Waals surface area contributed by atoms with Gasteiger partial charge in [0.15, 0.2) is 0 Å². The topological polar surface area (TPSA) is 63.4 Å². The second kappa shape index (κ2) is 6.13. The molecule has 0 amide bonds. The number of hydrogen-bond donors (Lipinski definition) is 1. The van der Waals surface area contributed by atoms with E-state index in [1.807, 2.05) is 6.07 Å². The van der Waals surface area contributed by atoms with E-state index in [1.54, 1.807) is 10.4 Å². The molecule has 0 bridgehead atoms. The second-order valence-corrected chi connectivity index (χ2v) is 9.16. The SMILES string of the molecule is CCC1(C)CCN(S(=O)(=O)c2ccc(CCN)s2)CC1. The van der Waals surface area contributed by atoms with E-state index in [4.69, 9.17) is 5.73 Å². The van der Waals surface area contributed by atoms with Crippen LogP contribution in [0.5, 0.6) is 0 Å². The summed E-state index contributed by atoms with van der Waals surface area (Å²) >= 11 is 1.35. The van der Waals surface area contributed by atoms with Crippen LogP contribution in [-0.2, 0) is 16.4 Å². The van der Waals surface area contributed by atoms with E-state index >= 15 is 0 Å². The first-order valence-electron chi connectivity index (χ1n) is 7.20. The van der Waals surface area contributed by atoms with Gasteiger partial charge >= 0.3 is 0 Å². The van der Waals surface area contributed by atoms with Crippen LogP contribution in [0.15, 0.2) is 16.3 Å². The van der Waals surface area contributed by atoms with Crippen molar-refractivity contribution in [3.05, 3.63) is 17.0 Å². The summed E-state index contributed by atoms with van der Waals surface area (Å²) in [7, 11) is -3.31. The minimum atomic E-state index is -3.31. The van der Waals surface area contributed by atoms with Gasteiger partial charge in [0.25, 0.3) is 10.0 Å². The Morgan fingerprint density at radius 2 is 2.00 bits per heavy atom. The Morgan fingerprint density at radius 1 is 1.35 bits per heavy atom. The van der Waals surface area contributed by atoms with Gasteiger partial charge in [-0.25, -0.2) is 8.42 Å². The largest absolute Gasteiger partial charge is 0.330 e. The lowest BCUT2D eigenvalue weighted by Crippen LogP contribution is -2.41. The molecule has 1 saturated heterocycles. The molecule has 1 aliphatic heterocycles. The molecule has 4 nitrogen and oxygen atoms in total. The predicted molar refractivity (Wildman–Crippen MR) is 83.5 cm³/mol. The standard InChI is InChI=1S/C14H24N2O2S2/c1-3-14(2)7-10-16(11-8-14)20(17,18)13-5-4-12(19-13)6-9-15/h4-5H,3,6-11,15H2,1-2H3. The summed E-state index contributed by atoms with van der Waals surface area (Å²) in [5.41, 5.74) is 5.81. The summed E-state index contributed by atoms with van der Waals surface area (Å²) in [5, 5.41) is 0. The van der Waals surface area contributed by atoms with E-state index in [1.165, 1.54) is 11.3 Å². The normalized spacial score (nSPS) is 20.1. The van der Waals surface area contributed by atoms with Gasteiger partial charge in [-0.2, -0.15) is 4.31 Å². The highest BCUT2D eigenvalue weighted by Gasteiger charge is 2.34. The zero-order chi connectivity index (χ0) is 14.8. The van der Waals surface area contributed by atoms with E-state index in [-0.39, 0.29) is 0 Å². The number of hydrogen-bond acceptors (Lipinski definition) is 4. The van der Waals surface area contributed by atoms with Crippen LogP contribution in [0, 0.1) is 5.41 Å². The van der Waals surface area contributed by atoms with E-state index in [9.17, 15) is 8.42 Å². The van der Waals surface area contributed by atoms with E-state index in [0.29, 0.717) is 29.3 Å². The number of piperidine rings is 1. The van der Waals surface area contributed by atoms with Crippen molar-refractivity contribution in [3.63, 3.8) is 0 Å². The van der Waals surface area contributed by atoms with Gasteiger partial charge in [-0.05, 0) is 43.4 Å². The van der Waals surface area contributed by atoms with Gasteiger partial charge in [0.2, 0.25) is 0 Å². The Hall–Kier alpha value is -0.430. The molecule has 114 valence electrons. The predicted octanol–water partition coefficient (Wildman–Crippen LogP) is 2.45. The molecule has 0 saturated carbocycles. The minimum absolute atomic E-state index is 0.298. The molecule has 2 N–H and O–H groups in total. The van der Waals surface area contributed by atoms with Gasteiger partial charge in [-0.15, -0.1) is 11.3 Å². The van der Waals surface area contributed by atoms with Crippen LogP contribution in [0.2, 0.25) is 0 Å². The van der Waals surface area contributed by atoms with E-state index in [2.05, 4.69) is 13.8 Å². The summed E-state index contributed by atoms with van der Waals surface area (Å²) in [6.07, 6.45) is 3.75. The molecule has 1 aliphatic rings. The number of nitrogens with two attached hydrogens (primary N) is 1. The van der Waals surface area contributed by atoms with Crippen LogP contribution < -0.4 is 5.73 Å². The lowest BCUT2D eigenvalue weighted by atomic mass is 9.79. The zero-order valence-corrected chi connectivity index (χ0v) is 13.9. The molecule has 2 rings (SSSR count). The Morgan fingerprint density at radius 3 is 2.55 bits per heavy atom. The average molecular weight is 316 g/mol. The molecule has 0 aromatic carbocycles. The maximum absolute atomic E-state index is 12.6. The van der Waals surface area contributed by atoms with Crippen LogP contribution in [0.3, 0.4) is 0 Å². The molecule has 0 radical (unpaired) electrons. The summed E-state index contributed by atoms with van der Waals surface area (Å²) < 4.78 is 27.3. The summed E-state index contributed by atoms with van der Waals surface area (Å²) in [6.45, 7) is 6.26. The van der Waals surface area contributed by atoms with Crippen LogP contribution in [0.1, 0.15) is 38.0 Å². The van der Waals surface area contributed by atoms with Gasteiger partial charge in [-0.3, -0.25) is 0 Å². The van der Waals surface area contributed by atoms with Crippen molar-refractivity contribution >= 4 is 21.4 Å². The van der Waals surface area contributed by atoms with E-state index in [0.717, 1.165) is 30.6 Å². The lowest BCUT2D eigenvalue weighted by molar-refractivity contribution is 0.169. The Labute approximate surface area is 126 Å². The van der Waals surface area contributed by atoms with Gasteiger partial charge in [-0.1, -0.05) is 20.3 Å². The molecular formula is C14H24N2O2S2. The van der Waals surface area contributed by atoms with Crippen molar-refractivity contribution < 1.29 is 8.42 Å². The van der Waals surface area contributed by atoms with E-state index < -0.39 is 10.0 Å². The number of nitrogens with zero attached hydrogens (tertiary/aromatic N) is 1. The fourth-order valence-corrected chi connectivity index (χ4v) is 5.49. The molecule has 1 aromatic rings. The molecule has 6 heteroatoms. The van der Waals surface area contributed by atoms with Crippen molar-refractivity contribution in [3.8, 4) is 0 Å². The zero-order valence-electron chi connectivity index (χ0n) is 12.3. The molecular weight excluding hydrogens is 292 g/mol. The molecule has 0 aliphatic carbocycles. The monoisotopic (exact) mass is 316 g/mol. The molecule has 2 heterocycles. The average Bonchev–Trinajstić information content (AvgIpc) is 2.89. The molecule has 1 fully saturated rings. The van der Waals surface area contributed by atoms with Gasteiger partial charge in [0.05, 0.1) is 0 Å². The molecule has 0 atom stereocenters. The van der Waals surface area contributed by atoms with Crippen LogP contribution >= 0.6 is 11.3 Å². The Kier molecular flexibility index (Phi) is 4.89. The summed E-state index contributed by atoms with van der Waals surface area (Å²) in [5.74, 6) is 0. The number of rotatable bonds is 5. The maximum Gasteiger partial charge on any atom is 0.252 e. The number of thiophene rings is 1. The van der Waals surface area contributed by atoms with Gasteiger partial charge in [0.1, 0.15) is 4.21 Å². The molecule has 0 spiro atoms. The number of sulfonamides is 1. The first-order valence-corrected chi connectivity index (χ1v) is 9.46. The highest BCUT2D eigenvalue weighted by atomic mass is 32.2. The van der Waals surface area contributed by atoms with Crippen molar-refractivity contribution in [1.29, 1.82) is 0 Å². The quantitative estimate of drug-likeness (QED) is 0.907. The Bertz CT molecular complexity index is 543.